The van der Waals surface area contributed by atoms with Gasteiger partial charge in [0, 0.05) is 0 Å². The molecule has 1 saturated heterocycles. The third-order valence-corrected chi connectivity index (χ3v) is 2.75. The summed E-state index contributed by atoms with van der Waals surface area (Å²) in [5.74, 6) is -3.68. The van der Waals surface area contributed by atoms with Gasteiger partial charge in [0.25, 0.3) is 0 Å². The quantitative estimate of drug-likeness (QED) is 0.763. The van der Waals surface area contributed by atoms with Gasteiger partial charge in [0.1, 0.15) is 0 Å². The molecule has 7 heteroatoms. The van der Waals surface area contributed by atoms with Crippen LogP contribution in [0.3, 0.4) is 0 Å². The summed E-state index contributed by atoms with van der Waals surface area (Å²) in [6, 6.07) is 3.67. The van der Waals surface area contributed by atoms with Gasteiger partial charge >= 0.3 is 11.9 Å². The van der Waals surface area contributed by atoms with Crippen molar-refractivity contribution >= 4 is 29.3 Å². The van der Waals surface area contributed by atoms with Gasteiger partial charge in [-0.05, 0) is 12.1 Å². The Labute approximate surface area is 107 Å². The summed E-state index contributed by atoms with van der Waals surface area (Å²) in [5.41, 5.74) is -0.871. The number of carboxylic acids is 2. The minimum absolute atomic E-state index is 0.238. The van der Waals surface area contributed by atoms with E-state index in [4.69, 9.17) is 10.2 Å². The lowest BCUT2D eigenvalue weighted by Gasteiger charge is -2.19. The molecule has 0 bridgehead atoms. The number of benzene rings is 1. The summed E-state index contributed by atoms with van der Waals surface area (Å²) < 4.78 is 0. The predicted molar refractivity (Wildman–Crippen MR) is 62.3 cm³/mol. The van der Waals surface area contributed by atoms with Gasteiger partial charge in [-0.3, -0.25) is 9.59 Å². The Bertz CT molecular complexity index is 574. The number of ketones is 1. The third-order valence-electron chi connectivity index (χ3n) is 2.75. The van der Waals surface area contributed by atoms with Gasteiger partial charge in [-0.15, -0.1) is 0 Å². The Kier molecular flexibility index (Phi) is 3.04. The topological polar surface area (TPSA) is 112 Å². The fourth-order valence-corrected chi connectivity index (χ4v) is 1.97. The van der Waals surface area contributed by atoms with Crippen LogP contribution in [0, 0.1) is 0 Å². The molecule has 0 aromatic heterocycles. The molecule has 1 aliphatic heterocycles. The van der Waals surface area contributed by atoms with Crippen molar-refractivity contribution in [3.05, 3.63) is 29.3 Å². The van der Waals surface area contributed by atoms with Crippen molar-refractivity contribution in [3.8, 4) is 0 Å². The van der Waals surface area contributed by atoms with Gasteiger partial charge in [-0.2, -0.15) is 0 Å². The minimum atomic E-state index is -1.36. The van der Waals surface area contributed by atoms with E-state index in [1.807, 2.05) is 0 Å². The molecular weight excluding hydrogens is 254 g/mol. The Morgan fingerprint density at radius 3 is 1.95 bits per heavy atom. The number of carbonyl (C=O) groups is 4. The summed E-state index contributed by atoms with van der Waals surface area (Å²) in [6.07, 6.45) is -0.340. The Balaban J connectivity index is 2.65. The summed E-state index contributed by atoms with van der Waals surface area (Å²) in [6.45, 7) is -0.302. The van der Waals surface area contributed by atoms with Crippen LogP contribution in [0.1, 0.15) is 27.1 Å². The molecule has 0 aliphatic carbocycles. The summed E-state index contributed by atoms with van der Waals surface area (Å²) in [4.78, 5) is 46.1. The molecule has 2 rings (SSSR count). The molecule has 19 heavy (non-hydrogen) atoms. The number of hydrogen-bond donors (Lipinski definition) is 2. The van der Waals surface area contributed by atoms with E-state index in [0.717, 1.165) is 4.90 Å². The zero-order valence-corrected chi connectivity index (χ0v) is 9.62. The van der Waals surface area contributed by atoms with E-state index in [2.05, 4.69) is 0 Å². The second kappa shape index (κ2) is 4.52. The van der Waals surface area contributed by atoms with Crippen LogP contribution >= 0.6 is 0 Å². The van der Waals surface area contributed by atoms with Gasteiger partial charge in [-0.25, -0.2) is 9.59 Å². The van der Waals surface area contributed by atoms with Crippen LogP contribution in [0.4, 0.5) is 5.69 Å². The summed E-state index contributed by atoms with van der Waals surface area (Å²) in [7, 11) is 0. The van der Waals surface area contributed by atoms with E-state index >= 15 is 0 Å². The first kappa shape index (κ1) is 12.7. The van der Waals surface area contributed by atoms with Crippen molar-refractivity contribution in [2.75, 3.05) is 11.4 Å². The standard InChI is InChI=1S/C12H9NO6/c14-6-4-9(15)13(5-6)10-7(11(16)17)2-1-3-8(10)12(18)19/h1-3H,4-5H2,(H,16,17)(H,18,19). The number of nitrogens with zero attached hydrogens (tertiary/aromatic N) is 1. The first-order valence-corrected chi connectivity index (χ1v) is 5.33. The van der Waals surface area contributed by atoms with Crippen molar-refractivity contribution < 1.29 is 29.4 Å². The molecule has 1 aromatic carbocycles. The molecule has 7 nitrogen and oxygen atoms in total. The zero-order chi connectivity index (χ0) is 14.2. The molecule has 1 aliphatic rings. The molecule has 1 fully saturated rings. The third kappa shape index (κ3) is 2.17. The van der Waals surface area contributed by atoms with Gasteiger partial charge in [0.2, 0.25) is 5.91 Å². The second-order valence-electron chi connectivity index (χ2n) is 4.01. The Hall–Kier alpha value is -2.70. The van der Waals surface area contributed by atoms with Crippen LogP contribution in [0.5, 0.6) is 0 Å². The van der Waals surface area contributed by atoms with Gasteiger partial charge in [0.05, 0.1) is 29.8 Å². The zero-order valence-electron chi connectivity index (χ0n) is 9.62. The Morgan fingerprint density at radius 2 is 1.58 bits per heavy atom. The molecule has 0 spiro atoms. The number of hydrogen-bond acceptors (Lipinski definition) is 4. The summed E-state index contributed by atoms with van der Waals surface area (Å²) >= 11 is 0. The predicted octanol–water partition coefficient (Wildman–Crippen LogP) is 0.389. The molecule has 1 aromatic rings. The van der Waals surface area contributed by atoms with Crippen molar-refractivity contribution in [1.29, 1.82) is 0 Å². The van der Waals surface area contributed by atoms with E-state index in [1.54, 1.807) is 0 Å². The molecule has 98 valence electrons. The first-order valence-electron chi connectivity index (χ1n) is 5.33. The number of rotatable bonds is 3. The van der Waals surface area contributed by atoms with E-state index in [0.29, 0.717) is 0 Å². The highest BCUT2D eigenvalue weighted by Crippen LogP contribution is 2.29. The number of para-hydroxylation sites is 1. The maximum atomic E-state index is 11.7. The van der Waals surface area contributed by atoms with E-state index < -0.39 is 17.8 Å². The number of carboxylic acid groups (broad SMARTS) is 2. The first-order chi connectivity index (χ1) is 8.91. The number of carbonyl (C=O) groups excluding carboxylic acids is 2. The normalized spacial score (nSPS) is 14.8. The van der Waals surface area contributed by atoms with Gasteiger partial charge in [0.15, 0.2) is 5.78 Å². The molecule has 0 saturated carbocycles. The molecule has 2 N–H and O–H groups in total. The molecule has 1 amide bonds. The largest absolute Gasteiger partial charge is 0.478 e. The fourth-order valence-electron chi connectivity index (χ4n) is 1.97. The van der Waals surface area contributed by atoms with Crippen LogP contribution in [0.2, 0.25) is 0 Å². The SMILES string of the molecule is O=C1CC(=O)N(c2c(C(=O)O)cccc2C(=O)O)C1. The molecule has 0 atom stereocenters. The van der Waals surface area contributed by atoms with Crippen LogP contribution in [0.15, 0.2) is 18.2 Å². The van der Waals surface area contributed by atoms with E-state index in [1.165, 1.54) is 18.2 Å². The van der Waals surface area contributed by atoms with Gasteiger partial charge in [-0.1, -0.05) is 6.07 Å². The lowest BCUT2D eigenvalue weighted by Crippen LogP contribution is -2.28. The van der Waals surface area contributed by atoms with Crippen molar-refractivity contribution in [3.63, 3.8) is 0 Å². The number of Topliss-reactive ketones (excluding diaryl/α,β-unsaturated/α-hetero) is 1. The fraction of sp³-hybridized carbons (Fsp3) is 0.167. The second-order valence-corrected chi connectivity index (χ2v) is 4.01. The van der Waals surface area contributed by atoms with Crippen LogP contribution in [0.25, 0.3) is 0 Å². The average Bonchev–Trinajstić information content (AvgIpc) is 2.67. The van der Waals surface area contributed by atoms with E-state index in [9.17, 15) is 19.2 Å². The molecule has 0 unspecified atom stereocenters. The summed E-state index contributed by atoms with van der Waals surface area (Å²) in [5, 5.41) is 18.1. The number of aromatic carboxylic acids is 2. The van der Waals surface area contributed by atoms with Crippen LogP contribution in [-0.2, 0) is 9.59 Å². The monoisotopic (exact) mass is 263 g/mol. The lowest BCUT2D eigenvalue weighted by molar-refractivity contribution is -0.121. The minimum Gasteiger partial charge on any atom is -0.478 e. The van der Waals surface area contributed by atoms with Crippen LogP contribution < -0.4 is 4.90 Å². The van der Waals surface area contributed by atoms with Gasteiger partial charge < -0.3 is 15.1 Å². The highest BCUT2D eigenvalue weighted by Gasteiger charge is 2.34. The Morgan fingerprint density at radius 1 is 1.05 bits per heavy atom. The maximum absolute atomic E-state index is 11.7. The maximum Gasteiger partial charge on any atom is 0.337 e. The average molecular weight is 263 g/mol. The lowest BCUT2D eigenvalue weighted by atomic mass is 10.1. The van der Waals surface area contributed by atoms with Crippen LogP contribution in [-0.4, -0.2) is 40.4 Å². The molecule has 0 radical (unpaired) electrons. The van der Waals surface area contributed by atoms with E-state index in [-0.39, 0.29) is 35.6 Å². The number of amides is 1. The highest BCUT2D eigenvalue weighted by molar-refractivity contribution is 6.19. The smallest absolute Gasteiger partial charge is 0.337 e. The van der Waals surface area contributed by atoms with Crippen molar-refractivity contribution in [2.24, 2.45) is 0 Å². The highest BCUT2D eigenvalue weighted by atomic mass is 16.4. The molecular formula is C12H9NO6. The van der Waals surface area contributed by atoms with Crippen molar-refractivity contribution in [2.45, 2.75) is 6.42 Å². The molecule has 1 heterocycles. The number of anilines is 1. The van der Waals surface area contributed by atoms with Crippen molar-refractivity contribution in [1.82, 2.24) is 0 Å².